The fourth-order valence-corrected chi connectivity index (χ4v) is 9.32. The van der Waals surface area contributed by atoms with Crippen molar-refractivity contribution in [3.8, 4) is 9.75 Å². The van der Waals surface area contributed by atoms with Gasteiger partial charge in [0.1, 0.15) is 0 Å². The molecule has 2 aromatic rings. The number of halogens is 2. The van der Waals surface area contributed by atoms with E-state index in [1.54, 1.807) is 20.9 Å². The Hall–Kier alpha value is 0.360. The van der Waals surface area contributed by atoms with Crippen LogP contribution >= 0.6 is 54.5 Å². The van der Waals surface area contributed by atoms with Gasteiger partial charge in [-0.3, -0.25) is 0 Å². The zero-order valence-electron chi connectivity index (χ0n) is 18.5. The van der Waals surface area contributed by atoms with Crippen LogP contribution in [0.5, 0.6) is 0 Å². The van der Waals surface area contributed by atoms with Crippen LogP contribution in [0, 0.1) is 11.8 Å². The third-order valence-corrected chi connectivity index (χ3v) is 10.5. The molecular weight excluding hydrogens is 524 g/mol. The minimum absolute atomic E-state index is 0.195. The molecule has 0 fully saturated rings. The molecular formula is C25H36Br2S2. The second kappa shape index (κ2) is 10.8. The number of unbranched alkanes of at least 4 members (excludes halogenated alkanes) is 4. The Balaban J connectivity index is 2.16. The van der Waals surface area contributed by atoms with Crippen molar-refractivity contribution in [1.29, 1.82) is 0 Å². The van der Waals surface area contributed by atoms with Crippen molar-refractivity contribution in [2.45, 2.75) is 97.3 Å². The first-order valence-corrected chi connectivity index (χ1v) is 14.9. The van der Waals surface area contributed by atoms with Crippen molar-refractivity contribution in [3.05, 3.63) is 30.8 Å². The lowest BCUT2D eigenvalue weighted by molar-refractivity contribution is 0.179. The summed E-state index contributed by atoms with van der Waals surface area (Å²) in [5.41, 5.74) is 3.49. The average Bonchev–Trinajstić information content (AvgIpc) is 3.33. The zero-order valence-corrected chi connectivity index (χ0v) is 23.3. The molecule has 0 bridgehead atoms. The first-order chi connectivity index (χ1) is 14.0. The summed E-state index contributed by atoms with van der Waals surface area (Å²) in [6.07, 6.45) is 13.3. The number of fused-ring (bicyclic) bond motifs is 3. The minimum atomic E-state index is 0.195. The van der Waals surface area contributed by atoms with Crippen molar-refractivity contribution in [1.82, 2.24) is 0 Å². The lowest BCUT2D eigenvalue weighted by Crippen LogP contribution is -2.41. The molecule has 0 saturated heterocycles. The maximum Gasteiger partial charge on any atom is 0.0708 e. The van der Waals surface area contributed by atoms with Crippen LogP contribution in [0.4, 0.5) is 0 Å². The maximum absolute atomic E-state index is 3.85. The van der Waals surface area contributed by atoms with Crippen LogP contribution in [-0.2, 0) is 5.41 Å². The summed E-state index contributed by atoms with van der Waals surface area (Å²) in [6, 6.07) is 4.98. The molecule has 1 aliphatic rings. The van der Waals surface area contributed by atoms with Crippen LogP contribution in [0.25, 0.3) is 9.75 Å². The largest absolute Gasteiger partial charge is 0.127 e. The highest BCUT2D eigenvalue weighted by molar-refractivity contribution is 9.11. The van der Waals surface area contributed by atoms with Gasteiger partial charge in [0, 0.05) is 15.2 Å². The van der Waals surface area contributed by atoms with Crippen LogP contribution in [0.2, 0.25) is 0 Å². The number of hydrogen-bond acceptors (Lipinski definition) is 2. The molecule has 2 atom stereocenters. The van der Waals surface area contributed by atoms with Crippen molar-refractivity contribution in [2.75, 3.05) is 0 Å². The van der Waals surface area contributed by atoms with Gasteiger partial charge in [-0.1, -0.05) is 79.1 Å². The summed E-state index contributed by atoms with van der Waals surface area (Å²) < 4.78 is 2.60. The lowest BCUT2D eigenvalue weighted by Gasteiger charge is -2.45. The SMILES string of the molecule is CCCCCC(CC)C1(C(CC)CCCCC)c2cc(Br)sc2-c2sc(Br)cc21. The first-order valence-electron chi connectivity index (χ1n) is 11.6. The zero-order chi connectivity index (χ0) is 21.0. The third-order valence-electron chi connectivity index (χ3n) is 7.09. The van der Waals surface area contributed by atoms with Gasteiger partial charge in [0.05, 0.1) is 7.57 Å². The van der Waals surface area contributed by atoms with E-state index in [2.05, 4.69) is 71.7 Å². The highest BCUT2D eigenvalue weighted by Gasteiger charge is 2.53. The van der Waals surface area contributed by atoms with Crippen LogP contribution in [-0.4, -0.2) is 0 Å². The Kier molecular flexibility index (Phi) is 8.93. The number of thiophene rings is 2. The third kappa shape index (κ3) is 4.47. The van der Waals surface area contributed by atoms with E-state index in [0.29, 0.717) is 0 Å². The fraction of sp³-hybridized carbons (Fsp3) is 0.680. The van der Waals surface area contributed by atoms with Gasteiger partial charge in [-0.25, -0.2) is 0 Å². The van der Waals surface area contributed by atoms with E-state index in [-0.39, 0.29) is 5.41 Å². The van der Waals surface area contributed by atoms with Gasteiger partial charge in [-0.15, -0.1) is 22.7 Å². The summed E-state index contributed by atoms with van der Waals surface area (Å²) in [6.45, 7) is 9.54. The Bertz CT molecular complexity index is 723. The van der Waals surface area contributed by atoms with E-state index in [9.17, 15) is 0 Å². The van der Waals surface area contributed by atoms with E-state index in [1.165, 1.54) is 71.8 Å². The predicted octanol–water partition coefficient (Wildman–Crippen LogP) is 10.8. The smallest absolute Gasteiger partial charge is 0.0708 e. The van der Waals surface area contributed by atoms with E-state index >= 15 is 0 Å². The van der Waals surface area contributed by atoms with E-state index in [0.717, 1.165) is 11.8 Å². The average molecular weight is 561 g/mol. The molecule has 1 aliphatic carbocycles. The summed E-state index contributed by atoms with van der Waals surface area (Å²) in [5, 5.41) is 0. The van der Waals surface area contributed by atoms with Crippen LogP contribution < -0.4 is 0 Å². The molecule has 2 heterocycles. The molecule has 0 aromatic carbocycles. The second-order valence-electron chi connectivity index (χ2n) is 8.66. The van der Waals surface area contributed by atoms with Crippen LogP contribution in [0.3, 0.4) is 0 Å². The van der Waals surface area contributed by atoms with Gasteiger partial charge < -0.3 is 0 Å². The molecule has 0 N–H and O–H groups in total. The van der Waals surface area contributed by atoms with Crippen molar-refractivity contribution in [2.24, 2.45) is 11.8 Å². The van der Waals surface area contributed by atoms with Crippen LogP contribution in [0.15, 0.2) is 19.7 Å². The molecule has 29 heavy (non-hydrogen) atoms. The molecule has 0 saturated carbocycles. The molecule has 0 radical (unpaired) electrons. The summed E-state index contributed by atoms with van der Waals surface area (Å²) in [4.78, 5) is 3.09. The quantitative estimate of drug-likeness (QED) is 0.227. The first kappa shape index (κ1) is 24.0. The standard InChI is InChI=1S/C25H36Br2S2/c1-5-9-11-13-17(7-3)25(18(8-4)14-12-10-6-2)19-15-21(26)28-23(19)24-20(25)16-22(27)29-24/h15-18H,5-14H2,1-4H3. The van der Waals surface area contributed by atoms with E-state index in [4.69, 9.17) is 0 Å². The summed E-state index contributed by atoms with van der Waals surface area (Å²) in [5.74, 6) is 1.45. The van der Waals surface area contributed by atoms with Crippen molar-refractivity contribution >= 4 is 54.5 Å². The van der Waals surface area contributed by atoms with E-state index < -0.39 is 0 Å². The van der Waals surface area contributed by atoms with Gasteiger partial charge in [0.25, 0.3) is 0 Å². The molecule has 3 rings (SSSR count). The number of hydrogen-bond donors (Lipinski definition) is 0. The van der Waals surface area contributed by atoms with Gasteiger partial charge in [-0.2, -0.15) is 0 Å². The normalized spacial score (nSPS) is 16.6. The van der Waals surface area contributed by atoms with Gasteiger partial charge >= 0.3 is 0 Å². The molecule has 0 aliphatic heterocycles. The molecule has 162 valence electrons. The fourth-order valence-electron chi connectivity index (χ4n) is 5.82. The molecule has 0 nitrogen and oxygen atoms in total. The predicted molar refractivity (Wildman–Crippen MR) is 140 cm³/mol. The molecule has 2 aromatic heterocycles. The summed E-state index contributed by atoms with van der Waals surface area (Å²) in [7, 11) is 0. The Labute approximate surface area is 203 Å². The van der Waals surface area contributed by atoms with Crippen molar-refractivity contribution in [3.63, 3.8) is 0 Å². The molecule has 4 heteroatoms. The molecule has 0 spiro atoms. The highest BCUT2D eigenvalue weighted by Crippen LogP contribution is 2.64. The van der Waals surface area contributed by atoms with Crippen LogP contribution in [0.1, 0.15) is 103 Å². The Morgan fingerprint density at radius 2 is 1.14 bits per heavy atom. The number of rotatable bonds is 12. The highest BCUT2D eigenvalue weighted by atomic mass is 79.9. The topological polar surface area (TPSA) is 0 Å². The Morgan fingerprint density at radius 1 is 0.724 bits per heavy atom. The maximum atomic E-state index is 3.85. The van der Waals surface area contributed by atoms with Gasteiger partial charge in [0.2, 0.25) is 0 Å². The summed E-state index contributed by atoms with van der Waals surface area (Å²) >= 11 is 11.6. The second-order valence-corrected chi connectivity index (χ2v) is 13.5. The van der Waals surface area contributed by atoms with Gasteiger partial charge in [-0.05, 0) is 79.8 Å². The minimum Gasteiger partial charge on any atom is -0.127 e. The van der Waals surface area contributed by atoms with Crippen molar-refractivity contribution < 1.29 is 0 Å². The monoisotopic (exact) mass is 558 g/mol. The molecule has 2 unspecified atom stereocenters. The lowest BCUT2D eigenvalue weighted by atomic mass is 9.57. The van der Waals surface area contributed by atoms with Gasteiger partial charge in [0.15, 0.2) is 0 Å². The Morgan fingerprint density at radius 3 is 1.48 bits per heavy atom. The molecule has 0 amide bonds. The van der Waals surface area contributed by atoms with E-state index in [1.807, 2.05) is 22.7 Å².